The zero-order valence-corrected chi connectivity index (χ0v) is 11.4. The molecule has 0 spiro atoms. The van der Waals surface area contributed by atoms with Gasteiger partial charge in [0.2, 0.25) is 0 Å². The van der Waals surface area contributed by atoms with Gasteiger partial charge in [0, 0.05) is 16.6 Å². The van der Waals surface area contributed by atoms with Gasteiger partial charge in [0.15, 0.2) is 0 Å². The van der Waals surface area contributed by atoms with Gasteiger partial charge in [-0.3, -0.25) is 4.79 Å². The molecule has 0 aromatic heterocycles. The number of nitrogens with one attached hydrogen (secondary N) is 1. The van der Waals surface area contributed by atoms with Crippen LogP contribution in [-0.4, -0.2) is 18.0 Å². The second-order valence-corrected chi connectivity index (χ2v) is 5.51. The third-order valence-corrected chi connectivity index (χ3v) is 2.76. The van der Waals surface area contributed by atoms with Gasteiger partial charge >= 0.3 is 0 Å². The molecule has 1 rings (SSSR count). The SMILES string of the molecule is Cc1ccc(Br)c(C(=O)NCC(C)(C)N)c1. The average Bonchev–Trinajstić information content (AvgIpc) is 2.17. The number of benzene rings is 1. The highest BCUT2D eigenvalue weighted by molar-refractivity contribution is 9.10. The van der Waals surface area contributed by atoms with Crippen molar-refractivity contribution in [2.75, 3.05) is 6.54 Å². The van der Waals surface area contributed by atoms with Crippen molar-refractivity contribution in [2.45, 2.75) is 26.3 Å². The zero-order chi connectivity index (χ0) is 12.3. The lowest BCUT2D eigenvalue weighted by atomic mass is 10.1. The summed E-state index contributed by atoms with van der Waals surface area (Å²) in [7, 11) is 0. The molecule has 0 saturated heterocycles. The highest BCUT2D eigenvalue weighted by Crippen LogP contribution is 2.17. The molecule has 0 bridgehead atoms. The van der Waals surface area contributed by atoms with Gasteiger partial charge in [-0.25, -0.2) is 0 Å². The van der Waals surface area contributed by atoms with Gasteiger partial charge in [-0.2, -0.15) is 0 Å². The first-order valence-electron chi connectivity index (χ1n) is 5.13. The minimum Gasteiger partial charge on any atom is -0.350 e. The molecule has 3 nitrogen and oxygen atoms in total. The van der Waals surface area contributed by atoms with E-state index in [1.807, 2.05) is 39.0 Å². The van der Waals surface area contributed by atoms with Crippen LogP contribution in [0, 0.1) is 6.92 Å². The second-order valence-electron chi connectivity index (χ2n) is 4.65. The van der Waals surface area contributed by atoms with Crippen LogP contribution >= 0.6 is 15.9 Å². The zero-order valence-electron chi connectivity index (χ0n) is 9.80. The molecule has 0 aliphatic rings. The molecular formula is C12H17BrN2O. The minimum atomic E-state index is -0.397. The molecular weight excluding hydrogens is 268 g/mol. The Morgan fingerprint density at radius 3 is 2.69 bits per heavy atom. The third kappa shape index (κ3) is 3.94. The summed E-state index contributed by atoms with van der Waals surface area (Å²) in [6.07, 6.45) is 0. The Morgan fingerprint density at radius 2 is 2.12 bits per heavy atom. The normalized spacial score (nSPS) is 11.3. The Hall–Kier alpha value is -0.870. The third-order valence-electron chi connectivity index (χ3n) is 2.07. The molecule has 3 N–H and O–H groups in total. The predicted molar refractivity (Wildman–Crippen MR) is 69.5 cm³/mol. The van der Waals surface area contributed by atoms with Gasteiger partial charge in [-0.1, -0.05) is 11.6 Å². The summed E-state index contributed by atoms with van der Waals surface area (Å²) in [4.78, 5) is 11.9. The summed E-state index contributed by atoms with van der Waals surface area (Å²) in [6, 6.07) is 5.68. The maximum absolute atomic E-state index is 11.9. The van der Waals surface area contributed by atoms with E-state index in [0.717, 1.165) is 10.0 Å². The van der Waals surface area contributed by atoms with E-state index in [9.17, 15) is 4.79 Å². The highest BCUT2D eigenvalue weighted by Gasteiger charge is 2.15. The molecule has 1 aromatic rings. The number of amides is 1. The number of nitrogens with two attached hydrogens (primary N) is 1. The molecule has 0 aliphatic carbocycles. The fraction of sp³-hybridized carbons (Fsp3) is 0.417. The van der Waals surface area contributed by atoms with Gasteiger partial charge < -0.3 is 11.1 Å². The van der Waals surface area contributed by atoms with E-state index < -0.39 is 5.54 Å². The number of halogens is 1. The summed E-state index contributed by atoms with van der Waals surface area (Å²) in [5, 5.41) is 2.81. The van der Waals surface area contributed by atoms with E-state index in [2.05, 4.69) is 21.2 Å². The van der Waals surface area contributed by atoms with Crippen molar-refractivity contribution < 1.29 is 4.79 Å². The van der Waals surface area contributed by atoms with Gasteiger partial charge in [-0.05, 0) is 48.8 Å². The molecule has 0 fully saturated rings. The first kappa shape index (κ1) is 13.2. The van der Waals surface area contributed by atoms with Crippen LogP contribution in [0.15, 0.2) is 22.7 Å². The topological polar surface area (TPSA) is 55.1 Å². The van der Waals surface area contributed by atoms with Crippen LogP contribution < -0.4 is 11.1 Å². The summed E-state index contributed by atoms with van der Waals surface area (Å²) in [6.45, 7) is 6.15. The molecule has 0 radical (unpaired) electrons. The van der Waals surface area contributed by atoms with E-state index in [1.165, 1.54) is 0 Å². The van der Waals surface area contributed by atoms with Crippen molar-refractivity contribution in [3.63, 3.8) is 0 Å². The van der Waals surface area contributed by atoms with Crippen molar-refractivity contribution >= 4 is 21.8 Å². The maximum Gasteiger partial charge on any atom is 0.252 e. The van der Waals surface area contributed by atoms with Gasteiger partial charge in [-0.15, -0.1) is 0 Å². The quantitative estimate of drug-likeness (QED) is 0.894. The molecule has 16 heavy (non-hydrogen) atoms. The maximum atomic E-state index is 11.9. The van der Waals surface area contributed by atoms with Crippen LogP contribution in [0.25, 0.3) is 0 Å². The number of hydrogen-bond donors (Lipinski definition) is 2. The van der Waals surface area contributed by atoms with Crippen molar-refractivity contribution in [3.05, 3.63) is 33.8 Å². The molecule has 88 valence electrons. The molecule has 0 unspecified atom stereocenters. The lowest BCUT2D eigenvalue weighted by Gasteiger charge is -2.19. The van der Waals surface area contributed by atoms with E-state index in [-0.39, 0.29) is 5.91 Å². The van der Waals surface area contributed by atoms with E-state index in [4.69, 9.17) is 5.73 Å². The van der Waals surface area contributed by atoms with Gasteiger partial charge in [0.25, 0.3) is 5.91 Å². The first-order valence-corrected chi connectivity index (χ1v) is 5.92. The standard InChI is InChI=1S/C12H17BrN2O/c1-8-4-5-10(13)9(6-8)11(16)15-7-12(2,3)14/h4-6H,7,14H2,1-3H3,(H,15,16). The minimum absolute atomic E-state index is 0.103. The Morgan fingerprint density at radius 1 is 1.50 bits per heavy atom. The van der Waals surface area contributed by atoms with E-state index in [0.29, 0.717) is 12.1 Å². The fourth-order valence-corrected chi connectivity index (χ4v) is 1.64. The summed E-state index contributed by atoms with van der Waals surface area (Å²) in [5.41, 5.74) is 7.11. The molecule has 0 atom stereocenters. The Balaban J connectivity index is 2.77. The van der Waals surface area contributed by atoms with Crippen LogP contribution in [-0.2, 0) is 0 Å². The number of aryl methyl sites for hydroxylation is 1. The van der Waals surface area contributed by atoms with Crippen molar-refractivity contribution in [3.8, 4) is 0 Å². The summed E-state index contributed by atoms with van der Waals surface area (Å²) >= 11 is 3.36. The Bertz CT molecular complexity index is 396. The number of rotatable bonds is 3. The van der Waals surface area contributed by atoms with Crippen LogP contribution in [0.4, 0.5) is 0 Å². The smallest absolute Gasteiger partial charge is 0.252 e. The lowest BCUT2D eigenvalue weighted by molar-refractivity contribution is 0.0945. The van der Waals surface area contributed by atoms with E-state index >= 15 is 0 Å². The van der Waals surface area contributed by atoms with Crippen LogP contribution in [0.1, 0.15) is 29.8 Å². The molecule has 4 heteroatoms. The molecule has 0 saturated carbocycles. The van der Waals surface area contributed by atoms with Crippen molar-refractivity contribution in [1.82, 2.24) is 5.32 Å². The molecule has 0 heterocycles. The van der Waals surface area contributed by atoms with Crippen molar-refractivity contribution in [2.24, 2.45) is 5.73 Å². The fourth-order valence-electron chi connectivity index (χ4n) is 1.22. The largest absolute Gasteiger partial charge is 0.350 e. The first-order chi connectivity index (χ1) is 7.29. The highest BCUT2D eigenvalue weighted by atomic mass is 79.9. The Labute approximate surface area is 105 Å². The van der Waals surface area contributed by atoms with Crippen molar-refractivity contribution in [1.29, 1.82) is 0 Å². The summed E-state index contributed by atoms with van der Waals surface area (Å²) < 4.78 is 0.797. The van der Waals surface area contributed by atoms with E-state index in [1.54, 1.807) is 0 Å². The molecule has 1 amide bonds. The number of carbonyl (C=O) groups is 1. The van der Waals surface area contributed by atoms with Crippen LogP contribution in [0.2, 0.25) is 0 Å². The average molecular weight is 285 g/mol. The van der Waals surface area contributed by atoms with Crippen LogP contribution in [0.5, 0.6) is 0 Å². The second kappa shape index (κ2) is 4.97. The molecule has 1 aromatic carbocycles. The number of carbonyl (C=O) groups excluding carboxylic acids is 1. The predicted octanol–water partition coefficient (Wildman–Crippen LogP) is 2.22. The van der Waals surface area contributed by atoms with Gasteiger partial charge in [0.1, 0.15) is 0 Å². The molecule has 0 aliphatic heterocycles. The lowest BCUT2D eigenvalue weighted by Crippen LogP contribution is -2.45. The van der Waals surface area contributed by atoms with Gasteiger partial charge in [0.05, 0.1) is 5.56 Å². The monoisotopic (exact) mass is 284 g/mol. The number of hydrogen-bond acceptors (Lipinski definition) is 2. The van der Waals surface area contributed by atoms with Crippen LogP contribution in [0.3, 0.4) is 0 Å². The summed E-state index contributed by atoms with van der Waals surface area (Å²) in [5.74, 6) is -0.103. The Kier molecular flexibility index (Phi) is 4.10.